The molecule has 0 aromatic carbocycles. The fourth-order valence-electron chi connectivity index (χ4n) is 4.30. The zero-order valence-electron chi connectivity index (χ0n) is 12.1. The molecule has 0 spiro atoms. The van der Waals surface area contributed by atoms with Crippen LogP contribution in [0.3, 0.4) is 0 Å². The molecule has 0 aromatic heterocycles. The largest absolute Gasteiger partial charge is 0.322 e. The first kappa shape index (κ1) is 13.6. The average Bonchev–Trinajstić information content (AvgIpc) is 2.91. The summed E-state index contributed by atoms with van der Waals surface area (Å²) in [5.41, 5.74) is 7.15. The Morgan fingerprint density at radius 1 is 1.45 bits per heavy atom. The summed E-state index contributed by atoms with van der Waals surface area (Å²) >= 11 is 0. The summed E-state index contributed by atoms with van der Waals surface area (Å²) in [5, 5.41) is 9.24. The molecule has 0 bridgehead atoms. The van der Waals surface area contributed by atoms with Crippen LogP contribution in [0.5, 0.6) is 0 Å². The second kappa shape index (κ2) is 4.60. The van der Waals surface area contributed by atoms with Gasteiger partial charge in [0.25, 0.3) is 0 Å². The summed E-state index contributed by atoms with van der Waals surface area (Å²) in [6.45, 7) is 6.08. The van der Waals surface area contributed by atoms with Crippen LogP contribution in [0, 0.1) is 22.7 Å². The first-order chi connectivity index (χ1) is 9.51. The molecule has 1 aliphatic heterocycles. The van der Waals surface area contributed by atoms with E-state index in [1.165, 1.54) is 0 Å². The van der Waals surface area contributed by atoms with E-state index in [4.69, 9.17) is 5.73 Å². The smallest absolute Gasteiger partial charge is 0.241 e. The van der Waals surface area contributed by atoms with Gasteiger partial charge in [-0.05, 0) is 38.5 Å². The molecule has 3 rings (SSSR count). The Bertz CT molecular complexity index is 486. The number of nitriles is 1. The highest BCUT2D eigenvalue weighted by Gasteiger charge is 2.56. The second-order valence-electron chi connectivity index (χ2n) is 6.81. The predicted molar refractivity (Wildman–Crippen MR) is 76.4 cm³/mol. The van der Waals surface area contributed by atoms with Crippen LogP contribution in [0.1, 0.15) is 45.4 Å². The molecule has 2 aliphatic carbocycles. The monoisotopic (exact) mass is 273 g/mol. The number of hydrogen-bond acceptors (Lipinski definition) is 3. The SMILES string of the molecule is C=C(C)C1([C@H](N)C(=O)N2C(C#N)CC3CC32)CCCC1. The molecule has 0 radical (unpaired) electrons. The van der Waals surface area contributed by atoms with Gasteiger partial charge in [0, 0.05) is 11.5 Å². The van der Waals surface area contributed by atoms with Crippen LogP contribution < -0.4 is 5.73 Å². The number of rotatable bonds is 3. The molecular weight excluding hydrogens is 250 g/mol. The van der Waals surface area contributed by atoms with Crippen molar-refractivity contribution in [2.75, 3.05) is 0 Å². The van der Waals surface area contributed by atoms with Crippen LogP contribution in [0.25, 0.3) is 0 Å². The van der Waals surface area contributed by atoms with Gasteiger partial charge in [0.2, 0.25) is 5.91 Å². The summed E-state index contributed by atoms with van der Waals surface area (Å²) < 4.78 is 0. The highest BCUT2D eigenvalue weighted by atomic mass is 16.2. The quantitative estimate of drug-likeness (QED) is 0.799. The molecule has 108 valence electrons. The number of carbonyl (C=O) groups excluding carboxylic acids is 1. The molecule has 1 heterocycles. The lowest BCUT2D eigenvalue weighted by Gasteiger charge is -2.38. The number of nitrogens with two attached hydrogens (primary N) is 1. The third kappa shape index (κ3) is 1.80. The van der Waals surface area contributed by atoms with Crippen molar-refractivity contribution in [2.45, 2.75) is 63.6 Å². The lowest BCUT2D eigenvalue weighted by atomic mass is 9.73. The Labute approximate surface area is 120 Å². The molecule has 3 aliphatic rings. The minimum atomic E-state index is -0.530. The van der Waals surface area contributed by atoms with Gasteiger partial charge in [-0.1, -0.05) is 25.0 Å². The van der Waals surface area contributed by atoms with Gasteiger partial charge in [-0.2, -0.15) is 5.26 Å². The lowest BCUT2D eigenvalue weighted by molar-refractivity contribution is -0.136. The van der Waals surface area contributed by atoms with Gasteiger partial charge in [-0.25, -0.2) is 0 Å². The van der Waals surface area contributed by atoms with Crippen molar-refractivity contribution >= 4 is 5.91 Å². The highest BCUT2D eigenvalue weighted by molar-refractivity contribution is 5.85. The van der Waals surface area contributed by atoms with Crippen molar-refractivity contribution in [3.63, 3.8) is 0 Å². The van der Waals surface area contributed by atoms with Gasteiger partial charge in [-0.3, -0.25) is 4.79 Å². The molecule has 3 fully saturated rings. The molecule has 0 aromatic rings. The number of carbonyl (C=O) groups is 1. The van der Waals surface area contributed by atoms with Crippen LogP contribution in [0.15, 0.2) is 12.2 Å². The number of amides is 1. The van der Waals surface area contributed by atoms with Crippen molar-refractivity contribution in [3.05, 3.63) is 12.2 Å². The third-order valence-corrected chi connectivity index (χ3v) is 5.71. The number of hydrogen-bond donors (Lipinski definition) is 1. The molecule has 20 heavy (non-hydrogen) atoms. The van der Waals surface area contributed by atoms with E-state index in [2.05, 4.69) is 12.6 Å². The Morgan fingerprint density at radius 2 is 2.10 bits per heavy atom. The zero-order valence-corrected chi connectivity index (χ0v) is 12.1. The number of piperidine rings is 1. The van der Waals surface area contributed by atoms with Gasteiger partial charge in [0.05, 0.1) is 12.1 Å². The maximum atomic E-state index is 12.9. The van der Waals surface area contributed by atoms with Gasteiger partial charge < -0.3 is 10.6 Å². The van der Waals surface area contributed by atoms with Gasteiger partial charge in [0.1, 0.15) is 6.04 Å². The molecule has 1 amide bonds. The van der Waals surface area contributed by atoms with E-state index in [0.717, 1.165) is 44.1 Å². The normalized spacial score (nSPS) is 35.2. The summed E-state index contributed by atoms with van der Waals surface area (Å²) in [6.07, 6.45) is 6.02. The van der Waals surface area contributed by atoms with E-state index in [1.807, 2.05) is 6.92 Å². The third-order valence-electron chi connectivity index (χ3n) is 5.71. The molecule has 2 saturated carbocycles. The molecule has 4 atom stereocenters. The number of fused-ring (bicyclic) bond motifs is 1. The van der Waals surface area contributed by atoms with Crippen molar-refractivity contribution in [1.29, 1.82) is 5.26 Å². The fourth-order valence-corrected chi connectivity index (χ4v) is 4.30. The van der Waals surface area contributed by atoms with Gasteiger partial charge in [-0.15, -0.1) is 0 Å². The van der Waals surface area contributed by atoms with E-state index in [-0.39, 0.29) is 23.4 Å². The second-order valence-corrected chi connectivity index (χ2v) is 6.81. The molecule has 4 heteroatoms. The highest BCUT2D eigenvalue weighted by Crippen LogP contribution is 2.50. The van der Waals surface area contributed by atoms with Crippen LogP contribution in [-0.2, 0) is 4.79 Å². The molecule has 3 unspecified atom stereocenters. The molecular formula is C16H23N3O. The molecule has 2 N–H and O–H groups in total. The van der Waals surface area contributed by atoms with Crippen molar-refractivity contribution in [1.82, 2.24) is 4.90 Å². The standard InChI is InChI=1S/C16H23N3O/c1-10(2)16(5-3-4-6-16)14(18)15(20)19-12(9-17)7-11-8-13(11)19/h11-14H,1,3-8,18H2,2H3/t11?,12?,13?,14-/m1/s1. The van der Waals surface area contributed by atoms with Gasteiger partial charge >= 0.3 is 0 Å². The Kier molecular flexibility index (Phi) is 3.13. The predicted octanol–water partition coefficient (Wildman–Crippen LogP) is 1.96. The molecule has 4 nitrogen and oxygen atoms in total. The van der Waals surface area contributed by atoms with E-state index < -0.39 is 6.04 Å². The molecule has 1 saturated heterocycles. The Morgan fingerprint density at radius 3 is 2.65 bits per heavy atom. The number of likely N-dealkylation sites (tertiary alicyclic amines) is 1. The van der Waals surface area contributed by atoms with E-state index in [1.54, 1.807) is 4.90 Å². The fraction of sp³-hybridized carbons (Fsp3) is 0.750. The summed E-state index contributed by atoms with van der Waals surface area (Å²) in [5.74, 6) is 0.520. The van der Waals surface area contributed by atoms with Crippen LogP contribution in [-0.4, -0.2) is 28.9 Å². The van der Waals surface area contributed by atoms with Gasteiger partial charge in [0.15, 0.2) is 0 Å². The summed E-state index contributed by atoms with van der Waals surface area (Å²) in [6, 6.07) is 1.76. The number of nitrogens with zero attached hydrogens (tertiary/aromatic N) is 2. The van der Waals surface area contributed by atoms with E-state index >= 15 is 0 Å². The van der Waals surface area contributed by atoms with E-state index in [9.17, 15) is 10.1 Å². The van der Waals surface area contributed by atoms with Crippen molar-refractivity contribution < 1.29 is 4.79 Å². The van der Waals surface area contributed by atoms with E-state index in [0.29, 0.717) is 5.92 Å². The lowest BCUT2D eigenvalue weighted by Crippen LogP contribution is -2.54. The Balaban J connectivity index is 1.83. The minimum Gasteiger partial charge on any atom is -0.322 e. The van der Waals surface area contributed by atoms with Crippen molar-refractivity contribution in [3.8, 4) is 6.07 Å². The topological polar surface area (TPSA) is 70.1 Å². The first-order valence-electron chi connectivity index (χ1n) is 7.64. The van der Waals surface area contributed by atoms with Crippen LogP contribution in [0.2, 0.25) is 0 Å². The zero-order chi connectivity index (χ0) is 14.5. The maximum Gasteiger partial charge on any atom is 0.241 e. The van der Waals surface area contributed by atoms with Crippen molar-refractivity contribution in [2.24, 2.45) is 17.1 Å². The first-order valence-corrected chi connectivity index (χ1v) is 7.64. The maximum absolute atomic E-state index is 12.9. The van der Waals surface area contributed by atoms with Crippen LogP contribution in [0.4, 0.5) is 0 Å². The average molecular weight is 273 g/mol. The summed E-state index contributed by atoms with van der Waals surface area (Å²) in [4.78, 5) is 14.6. The minimum absolute atomic E-state index is 0.0218. The Hall–Kier alpha value is -1.34. The summed E-state index contributed by atoms with van der Waals surface area (Å²) in [7, 11) is 0. The van der Waals surface area contributed by atoms with Crippen LogP contribution >= 0.6 is 0 Å².